The number of thioether (sulfide) groups is 1. The van der Waals surface area contributed by atoms with Crippen molar-refractivity contribution in [2.75, 3.05) is 12.4 Å². The van der Waals surface area contributed by atoms with Crippen LogP contribution in [0.2, 0.25) is 0 Å². The molecule has 7 heteroatoms. The molecular formula is C11H12F3NO2S. The van der Waals surface area contributed by atoms with Crippen molar-refractivity contribution in [1.29, 1.82) is 0 Å². The Morgan fingerprint density at radius 1 is 1.39 bits per heavy atom. The van der Waals surface area contributed by atoms with Gasteiger partial charge >= 0.3 is 12.1 Å². The lowest BCUT2D eigenvalue weighted by Crippen LogP contribution is -2.17. The summed E-state index contributed by atoms with van der Waals surface area (Å²) in [5, 5.41) is 0.234. The van der Waals surface area contributed by atoms with Gasteiger partial charge in [0, 0.05) is 0 Å². The molecule has 1 rings (SSSR count). The highest BCUT2D eigenvalue weighted by Crippen LogP contribution is 2.32. The second-order valence-corrected chi connectivity index (χ2v) is 4.48. The maximum absolute atomic E-state index is 12.8. The molecule has 0 spiro atoms. The summed E-state index contributed by atoms with van der Waals surface area (Å²) in [4.78, 5) is 14.9. The Labute approximate surface area is 107 Å². The Kier molecular flexibility index (Phi) is 5.01. The number of ether oxygens (including phenoxy) is 1. The lowest BCUT2D eigenvalue weighted by atomic mass is 10.2. The third kappa shape index (κ3) is 3.63. The first-order chi connectivity index (χ1) is 8.40. The number of nitrogens with zero attached hydrogens (tertiary/aromatic N) is 1. The summed E-state index contributed by atoms with van der Waals surface area (Å²) in [7, 11) is 0. The number of pyridine rings is 1. The summed E-state index contributed by atoms with van der Waals surface area (Å²) in [5.74, 6) is -0.409. The molecule has 3 nitrogen and oxygen atoms in total. The van der Waals surface area contributed by atoms with Gasteiger partial charge in [-0.2, -0.15) is 13.2 Å². The highest BCUT2D eigenvalue weighted by atomic mass is 32.2. The number of alkyl halides is 3. The Hall–Kier alpha value is -1.24. The average Bonchev–Trinajstić information content (AvgIpc) is 2.28. The standard InChI is InChI=1S/C11H12F3NO2S/c1-3-17-10(16)7-5-6-8(18-4-2)15-9(7)11(12,13)14/h5-6H,3-4H2,1-2H3. The lowest BCUT2D eigenvalue weighted by molar-refractivity contribution is -0.142. The van der Waals surface area contributed by atoms with Gasteiger partial charge in [-0.15, -0.1) is 11.8 Å². The van der Waals surface area contributed by atoms with Gasteiger partial charge in [0.2, 0.25) is 0 Å². The van der Waals surface area contributed by atoms with Crippen molar-refractivity contribution in [3.05, 3.63) is 23.4 Å². The lowest BCUT2D eigenvalue weighted by Gasteiger charge is -2.12. The number of esters is 1. The first-order valence-electron chi connectivity index (χ1n) is 5.28. The van der Waals surface area contributed by atoms with Gasteiger partial charge in [0.05, 0.1) is 17.2 Å². The van der Waals surface area contributed by atoms with Crippen LogP contribution in [0.15, 0.2) is 17.2 Å². The summed E-state index contributed by atoms with van der Waals surface area (Å²) in [5.41, 5.74) is -1.75. The fourth-order valence-electron chi connectivity index (χ4n) is 1.26. The van der Waals surface area contributed by atoms with E-state index < -0.39 is 23.4 Å². The molecule has 0 aromatic carbocycles. The van der Waals surface area contributed by atoms with E-state index in [4.69, 9.17) is 0 Å². The van der Waals surface area contributed by atoms with Crippen LogP contribution in [0.1, 0.15) is 29.9 Å². The highest BCUT2D eigenvalue weighted by molar-refractivity contribution is 7.99. The average molecular weight is 279 g/mol. The number of carbonyl (C=O) groups is 1. The maximum Gasteiger partial charge on any atom is 0.434 e. The van der Waals surface area contributed by atoms with E-state index in [0.717, 1.165) is 6.07 Å². The molecule has 0 saturated carbocycles. The van der Waals surface area contributed by atoms with Crippen molar-refractivity contribution in [3.63, 3.8) is 0 Å². The molecule has 0 amide bonds. The zero-order valence-corrected chi connectivity index (χ0v) is 10.7. The predicted octanol–water partition coefficient (Wildman–Crippen LogP) is 3.39. The van der Waals surface area contributed by atoms with Crippen LogP contribution in [-0.4, -0.2) is 23.3 Å². The Morgan fingerprint density at radius 3 is 2.56 bits per heavy atom. The molecule has 1 heterocycles. The first-order valence-corrected chi connectivity index (χ1v) is 6.26. The molecule has 100 valence electrons. The fraction of sp³-hybridized carbons (Fsp3) is 0.455. The molecule has 1 aromatic heterocycles. The van der Waals surface area contributed by atoms with Crippen molar-refractivity contribution in [2.24, 2.45) is 0 Å². The largest absolute Gasteiger partial charge is 0.462 e. The molecular weight excluding hydrogens is 267 g/mol. The van der Waals surface area contributed by atoms with Gasteiger partial charge in [-0.25, -0.2) is 9.78 Å². The van der Waals surface area contributed by atoms with Crippen LogP contribution in [0.25, 0.3) is 0 Å². The molecule has 0 radical (unpaired) electrons. The number of hydrogen-bond donors (Lipinski definition) is 0. The van der Waals surface area contributed by atoms with Crippen molar-refractivity contribution >= 4 is 17.7 Å². The molecule has 0 aliphatic rings. The Balaban J connectivity index is 3.21. The Bertz CT molecular complexity index is 435. The van der Waals surface area contributed by atoms with Crippen molar-refractivity contribution < 1.29 is 22.7 Å². The zero-order chi connectivity index (χ0) is 13.8. The van der Waals surface area contributed by atoms with Crippen LogP contribution in [0.3, 0.4) is 0 Å². The van der Waals surface area contributed by atoms with E-state index in [2.05, 4.69) is 9.72 Å². The molecule has 0 bridgehead atoms. The second-order valence-electron chi connectivity index (χ2n) is 3.20. The monoisotopic (exact) mass is 279 g/mol. The second kappa shape index (κ2) is 6.08. The van der Waals surface area contributed by atoms with Gasteiger partial charge in [0.15, 0.2) is 5.69 Å². The predicted molar refractivity (Wildman–Crippen MR) is 61.6 cm³/mol. The van der Waals surface area contributed by atoms with E-state index in [1.165, 1.54) is 24.8 Å². The number of aromatic nitrogens is 1. The molecule has 0 unspecified atom stereocenters. The maximum atomic E-state index is 12.8. The zero-order valence-electron chi connectivity index (χ0n) is 9.87. The van der Waals surface area contributed by atoms with E-state index in [-0.39, 0.29) is 11.6 Å². The number of hydrogen-bond acceptors (Lipinski definition) is 4. The number of rotatable bonds is 4. The van der Waals surface area contributed by atoms with Gasteiger partial charge in [-0.3, -0.25) is 0 Å². The Morgan fingerprint density at radius 2 is 2.06 bits per heavy atom. The van der Waals surface area contributed by atoms with Crippen LogP contribution < -0.4 is 0 Å². The quantitative estimate of drug-likeness (QED) is 0.625. The van der Waals surface area contributed by atoms with Crippen LogP contribution >= 0.6 is 11.8 Å². The fourth-order valence-corrected chi connectivity index (χ4v) is 1.88. The summed E-state index contributed by atoms with van der Waals surface area (Å²) in [6, 6.07) is 2.49. The smallest absolute Gasteiger partial charge is 0.434 e. The van der Waals surface area contributed by atoms with Gasteiger partial charge in [-0.05, 0) is 24.8 Å². The van der Waals surface area contributed by atoms with E-state index >= 15 is 0 Å². The number of carbonyl (C=O) groups excluding carboxylic acids is 1. The third-order valence-corrected chi connectivity index (χ3v) is 2.74. The molecule has 1 aromatic rings. The number of halogens is 3. The normalized spacial score (nSPS) is 11.4. The van der Waals surface area contributed by atoms with Crippen LogP contribution in [-0.2, 0) is 10.9 Å². The van der Waals surface area contributed by atoms with Gasteiger partial charge in [-0.1, -0.05) is 6.92 Å². The SMILES string of the molecule is CCOC(=O)c1ccc(SCC)nc1C(F)(F)F. The summed E-state index contributed by atoms with van der Waals surface area (Å²) in [6.07, 6.45) is -4.67. The molecule has 0 atom stereocenters. The summed E-state index contributed by atoms with van der Waals surface area (Å²) >= 11 is 1.18. The topological polar surface area (TPSA) is 39.2 Å². The van der Waals surface area contributed by atoms with Gasteiger partial charge in [0.25, 0.3) is 0 Å². The molecule has 0 aliphatic carbocycles. The van der Waals surface area contributed by atoms with Crippen molar-refractivity contribution in [3.8, 4) is 0 Å². The van der Waals surface area contributed by atoms with E-state index in [1.54, 1.807) is 6.92 Å². The third-order valence-electron chi connectivity index (χ3n) is 1.93. The molecule has 18 heavy (non-hydrogen) atoms. The molecule has 0 aliphatic heterocycles. The van der Waals surface area contributed by atoms with E-state index in [9.17, 15) is 18.0 Å². The van der Waals surface area contributed by atoms with Gasteiger partial charge in [0.1, 0.15) is 0 Å². The molecule has 0 saturated heterocycles. The minimum Gasteiger partial charge on any atom is -0.462 e. The minimum absolute atomic E-state index is 0.0155. The summed E-state index contributed by atoms with van der Waals surface area (Å²) < 4.78 is 42.9. The van der Waals surface area contributed by atoms with Gasteiger partial charge < -0.3 is 4.74 Å². The highest BCUT2D eigenvalue weighted by Gasteiger charge is 2.38. The summed E-state index contributed by atoms with van der Waals surface area (Å²) in [6.45, 7) is 3.35. The van der Waals surface area contributed by atoms with Crippen LogP contribution in [0.4, 0.5) is 13.2 Å². The van der Waals surface area contributed by atoms with Crippen LogP contribution in [0.5, 0.6) is 0 Å². The molecule has 0 N–H and O–H groups in total. The van der Waals surface area contributed by atoms with Crippen molar-refractivity contribution in [1.82, 2.24) is 4.98 Å². The molecule has 0 fully saturated rings. The van der Waals surface area contributed by atoms with E-state index in [0.29, 0.717) is 5.75 Å². The van der Waals surface area contributed by atoms with Crippen LogP contribution in [0, 0.1) is 0 Å². The van der Waals surface area contributed by atoms with E-state index in [1.807, 2.05) is 0 Å². The minimum atomic E-state index is -4.67. The first kappa shape index (κ1) is 14.8. The van der Waals surface area contributed by atoms with Crippen molar-refractivity contribution in [2.45, 2.75) is 25.0 Å².